The largest absolute Gasteiger partial charge is 0.493 e. The van der Waals surface area contributed by atoms with E-state index in [1.807, 2.05) is 12.1 Å². The zero-order valence-electron chi connectivity index (χ0n) is 21.4. The predicted octanol–water partition coefficient (Wildman–Crippen LogP) is 2.90. The standard InChI is InChI=1S/C27H38N4O5/c1-27(2,34)18-29-14-13-24(28)30-26(33)21(15-19-9-5-4-6-10-19)31-17-20(16-25(31)32)36-23-12-8-7-11-22(23)35-3/h7-8,11-14,16,19,21,29,34H,4-6,9-10,15,17-18H2,1-3H3,(H2,28,30,33)/b14-13-. The zero-order valence-corrected chi connectivity index (χ0v) is 21.4. The first-order valence-corrected chi connectivity index (χ1v) is 12.5. The zero-order chi connectivity index (χ0) is 26.1. The molecule has 36 heavy (non-hydrogen) atoms. The van der Waals surface area contributed by atoms with Crippen molar-refractivity contribution in [3.8, 4) is 11.5 Å². The number of rotatable bonds is 11. The smallest absolute Gasteiger partial charge is 0.270 e. The van der Waals surface area contributed by atoms with Crippen LogP contribution in [0.4, 0.5) is 0 Å². The van der Waals surface area contributed by atoms with Crippen LogP contribution in [0.3, 0.4) is 0 Å². The van der Waals surface area contributed by atoms with E-state index in [1.165, 1.54) is 23.5 Å². The molecule has 9 heteroatoms. The number of amidine groups is 1. The van der Waals surface area contributed by atoms with Gasteiger partial charge in [-0.2, -0.15) is 4.99 Å². The topological polar surface area (TPSA) is 126 Å². The van der Waals surface area contributed by atoms with Crippen molar-refractivity contribution >= 4 is 17.6 Å². The lowest BCUT2D eigenvalue weighted by atomic mass is 9.84. The lowest BCUT2D eigenvalue weighted by molar-refractivity contribution is -0.134. The van der Waals surface area contributed by atoms with Gasteiger partial charge in [0, 0.05) is 18.8 Å². The summed E-state index contributed by atoms with van der Waals surface area (Å²) in [4.78, 5) is 31.8. The molecule has 1 saturated carbocycles. The fourth-order valence-corrected chi connectivity index (χ4v) is 4.47. The predicted molar refractivity (Wildman–Crippen MR) is 138 cm³/mol. The van der Waals surface area contributed by atoms with Crippen LogP contribution in [-0.4, -0.2) is 59.5 Å². The number of nitrogens with two attached hydrogens (primary N) is 1. The molecule has 1 unspecified atom stereocenters. The van der Waals surface area contributed by atoms with Gasteiger partial charge in [-0.3, -0.25) is 9.59 Å². The van der Waals surface area contributed by atoms with Crippen molar-refractivity contribution in [2.45, 2.75) is 64.0 Å². The summed E-state index contributed by atoms with van der Waals surface area (Å²) in [6.45, 7) is 3.84. The van der Waals surface area contributed by atoms with Gasteiger partial charge >= 0.3 is 0 Å². The highest BCUT2D eigenvalue weighted by Crippen LogP contribution is 2.32. The third kappa shape index (κ3) is 8.12. The molecule has 2 aliphatic rings. The molecule has 1 aromatic rings. The van der Waals surface area contributed by atoms with Crippen LogP contribution in [-0.2, 0) is 9.59 Å². The summed E-state index contributed by atoms with van der Waals surface area (Å²) in [6, 6.07) is 6.47. The fourth-order valence-electron chi connectivity index (χ4n) is 4.47. The summed E-state index contributed by atoms with van der Waals surface area (Å²) >= 11 is 0. The maximum absolute atomic E-state index is 13.3. The van der Waals surface area contributed by atoms with Gasteiger partial charge < -0.3 is 30.5 Å². The van der Waals surface area contributed by atoms with Gasteiger partial charge in [-0.1, -0.05) is 44.2 Å². The molecular weight excluding hydrogens is 460 g/mol. The molecule has 0 spiro atoms. The molecule has 196 valence electrons. The van der Waals surface area contributed by atoms with Gasteiger partial charge in [0.05, 0.1) is 19.3 Å². The summed E-state index contributed by atoms with van der Waals surface area (Å²) in [5.41, 5.74) is 5.09. The Hall–Kier alpha value is -3.33. The quantitative estimate of drug-likeness (QED) is 0.316. The van der Waals surface area contributed by atoms with Crippen molar-refractivity contribution in [3.05, 3.63) is 48.4 Å². The Bertz CT molecular complexity index is 1010. The van der Waals surface area contributed by atoms with E-state index >= 15 is 0 Å². The summed E-state index contributed by atoms with van der Waals surface area (Å²) < 4.78 is 11.3. The van der Waals surface area contributed by atoms with Crippen LogP contribution in [0.15, 0.2) is 53.4 Å². The number of aliphatic hydroxyl groups is 1. The molecule has 1 aliphatic heterocycles. The molecule has 0 saturated heterocycles. The monoisotopic (exact) mass is 498 g/mol. The molecule has 0 bridgehead atoms. The van der Waals surface area contributed by atoms with Gasteiger partial charge in [0.1, 0.15) is 17.6 Å². The van der Waals surface area contributed by atoms with Crippen molar-refractivity contribution < 1.29 is 24.2 Å². The molecule has 2 amide bonds. The average Bonchev–Trinajstić information content (AvgIpc) is 3.20. The molecule has 1 atom stereocenters. The van der Waals surface area contributed by atoms with E-state index in [0.29, 0.717) is 36.1 Å². The van der Waals surface area contributed by atoms with Gasteiger partial charge in [0.2, 0.25) is 0 Å². The lowest BCUT2D eigenvalue weighted by Crippen LogP contribution is -2.44. The van der Waals surface area contributed by atoms with Crippen LogP contribution in [0.2, 0.25) is 0 Å². The van der Waals surface area contributed by atoms with Crippen LogP contribution in [0.25, 0.3) is 0 Å². The number of carbonyl (C=O) groups is 2. The average molecular weight is 499 g/mol. The Morgan fingerprint density at radius 2 is 1.97 bits per heavy atom. The number of nitrogens with one attached hydrogen (secondary N) is 1. The number of amides is 2. The highest BCUT2D eigenvalue weighted by Gasteiger charge is 2.36. The number of benzene rings is 1. The Morgan fingerprint density at radius 3 is 2.64 bits per heavy atom. The number of ether oxygens (including phenoxy) is 2. The van der Waals surface area contributed by atoms with Crippen LogP contribution in [0, 0.1) is 5.92 Å². The second-order valence-electron chi connectivity index (χ2n) is 9.99. The van der Waals surface area contributed by atoms with E-state index in [2.05, 4.69) is 10.3 Å². The molecule has 1 aliphatic carbocycles. The maximum Gasteiger partial charge on any atom is 0.270 e. The molecule has 0 radical (unpaired) electrons. The molecule has 1 heterocycles. The van der Waals surface area contributed by atoms with Crippen molar-refractivity contribution in [1.29, 1.82) is 0 Å². The molecule has 4 N–H and O–H groups in total. The Balaban J connectivity index is 1.72. The normalized spacial score (nSPS) is 18.3. The number of methoxy groups -OCH3 is 1. The van der Waals surface area contributed by atoms with Gasteiger partial charge in [-0.05, 0) is 44.4 Å². The highest BCUT2D eigenvalue weighted by molar-refractivity contribution is 6.03. The van der Waals surface area contributed by atoms with E-state index in [1.54, 1.807) is 39.3 Å². The van der Waals surface area contributed by atoms with Crippen molar-refractivity contribution in [1.82, 2.24) is 10.2 Å². The number of carbonyl (C=O) groups excluding carboxylic acids is 2. The first-order valence-electron chi connectivity index (χ1n) is 12.5. The van der Waals surface area contributed by atoms with E-state index in [-0.39, 0.29) is 18.3 Å². The third-order valence-corrected chi connectivity index (χ3v) is 6.29. The number of hydrogen-bond acceptors (Lipinski definition) is 6. The Labute approximate surface area is 213 Å². The lowest BCUT2D eigenvalue weighted by Gasteiger charge is -2.30. The van der Waals surface area contributed by atoms with Gasteiger partial charge in [-0.25, -0.2) is 0 Å². The van der Waals surface area contributed by atoms with Crippen LogP contribution < -0.4 is 20.5 Å². The Morgan fingerprint density at radius 1 is 1.28 bits per heavy atom. The van der Waals surface area contributed by atoms with E-state index in [4.69, 9.17) is 15.2 Å². The minimum Gasteiger partial charge on any atom is -0.493 e. The number of aliphatic imine (C=N–C) groups is 1. The third-order valence-electron chi connectivity index (χ3n) is 6.29. The highest BCUT2D eigenvalue weighted by atomic mass is 16.5. The summed E-state index contributed by atoms with van der Waals surface area (Å²) in [5, 5.41) is 12.7. The minimum absolute atomic E-state index is 0.0296. The molecule has 3 rings (SSSR count). The van der Waals surface area contributed by atoms with E-state index in [9.17, 15) is 14.7 Å². The molecule has 1 fully saturated rings. The van der Waals surface area contributed by atoms with E-state index < -0.39 is 17.6 Å². The number of nitrogens with zero attached hydrogens (tertiary/aromatic N) is 2. The van der Waals surface area contributed by atoms with Crippen molar-refractivity contribution in [3.63, 3.8) is 0 Å². The second kappa shape index (κ2) is 12.6. The van der Waals surface area contributed by atoms with Crippen molar-refractivity contribution in [2.24, 2.45) is 16.6 Å². The maximum atomic E-state index is 13.3. The van der Waals surface area contributed by atoms with E-state index in [0.717, 1.165) is 25.7 Å². The summed E-state index contributed by atoms with van der Waals surface area (Å²) in [5.74, 6) is 1.14. The second-order valence-corrected chi connectivity index (χ2v) is 9.99. The van der Waals surface area contributed by atoms with Gasteiger partial charge in [0.25, 0.3) is 11.8 Å². The van der Waals surface area contributed by atoms with Gasteiger partial charge in [-0.15, -0.1) is 0 Å². The number of hydrogen-bond donors (Lipinski definition) is 3. The number of para-hydroxylation sites is 2. The first kappa shape index (κ1) is 27.3. The van der Waals surface area contributed by atoms with Crippen LogP contribution in [0.5, 0.6) is 11.5 Å². The van der Waals surface area contributed by atoms with Crippen LogP contribution in [0.1, 0.15) is 52.4 Å². The molecule has 0 aromatic heterocycles. The summed E-state index contributed by atoms with van der Waals surface area (Å²) in [6.07, 6.45) is 10.5. The molecule has 1 aromatic carbocycles. The molecular formula is C27H38N4O5. The van der Waals surface area contributed by atoms with Crippen LogP contribution >= 0.6 is 0 Å². The molecule has 9 nitrogen and oxygen atoms in total. The van der Waals surface area contributed by atoms with Crippen molar-refractivity contribution in [2.75, 3.05) is 20.2 Å². The first-order chi connectivity index (χ1) is 17.2. The Kier molecular flexibility index (Phi) is 9.52. The van der Waals surface area contributed by atoms with Gasteiger partial charge in [0.15, 0.2) is 11.5 Å². The minimum atomic E-state index is -0.885. The summed E-state index contributed by atoms with van der Waals surface area (Å²) in [7, 11) is 1.55. The SMILES string of the molecule is COc1ccccc1OC1=CC(=O)N(C(CC2CCCCC2)C(=O)N=C(N)/C=C\NCC(C)(C)O)C1. The fraction of sp³-hybridized carbons (Fsp3) is 0.519.